The second kappa shape index (κ2) is 3.49. The summed E-state index contributed by atoms with van der Waals surface area (Å²) in [5, 5.41) is 3.65. The third-order valence-corrected chi connectivity index (χ3v) is 3.35. The summed E-state index contributed by atoms with van der Waals surface area (Å²) in [4.78, 5) is 14.2. The molecule has 0 saturated heterocycles. The molecule has 0 aromatic carbocycles. The van der Waals surface area contributed by atoms with Gasteiger partial charge in [0.1, 0.15) is 0 Å². The molecular weight excluding hydrogens is 188 g/mol. The van der Waals surface area contributed by atoms with E-state index >= 15 is 0 Å². The Labute approximate surface area is 88.9 Å². The first-order valence-electron chi connectivity index (χ1n) is 5.81. The highest BCUT2D eigenvalue weighted by atomic mass is 16.1. The molecule has 2 N–H and O–H groups in total. The Morgan fingerprint density at radius 3 is 2.93 bits per heavy atom. The van der Waals surface area contributed by atoms with Gasteiger partial charge < -0.3 is 10.3 Å². The summed E-state index contributed by atoms with van der Waals surface area (Å²) in [6, 6.07) is 4.84. The van der Waals surface area contributed by atoms with Gasteiger partial charge in [-0.1, -0.05) is 6.07 Å². The Balaban J connectivity index is 1.91. The van der Waals surface area contributed by atoms with Crippen molar-refractivity contribution >= 4 is 0 Å². The van der Waals surface area contributed by atoms with Crippen molar-refractivity contribution in [1.29, 1.82) is 0 Å². The molecule has 2 aliphatic rings. The van der Waals surface area contributed by atoms with E-state index < -0.39 is 0 Å². The predicted octanol–water partition coefficient (Wildman–Crippen LogP) is 1.50. The summed E-state index contributed by atoms with van der Waals surface area (Å²) in [6.45, 7) is 0. The Morgan fingerprint density at radius 2 is 2.13 bits per heavy atom. The normalized spacial score (nSPS) is 24.9. The number of aromatic nitrogens is 1. The molecule has 3 nitrogen and oxygen atoms in total. The third-order valence-electron chi connectivity index (χ3n) is 3.35. The summed E-state index contributed by atoms with van der Waals surface area (Å²) < 4.78 is 0. The maximum absolute atomic E-state index is 11.2. The molecule has 1 saturated carbocycles. The Morgan fingerprint density at radius 1 is 1.27 bits per heavy atom. The van der Waals surface area contributed by atoms with Crippen LogP contribution in [0, 0.1) is 0 Å². The van der Waals surface area contributed by atoms with Crippen molar-refractivity contribution in [3.8, 4) is 0 Å². The molecule has 2 aliphatic carbocycles. The fraction of sp³-hybridized carbons (Fsp3) is 0.583. The van der Waals surface area contributed by atoms with E-state index in [1.54, 1.807) is 6.07 Å². The minimum absolute atomic E-state index is 0.0285. The zero-order valence-corrected chi connectivity index (χ0v) is 8.75. The molecule has 0 amide bonds. The van der Waals surface area contributed by atoms with Gasteiger partial charge in [0.25, 0.3) is 0 Å². The number of rotatable bonds is 2. The van der Waals surface area contributed by atoms with Gasteiger partial charge in [0.05, 0.1) is 0 Å². The molecule has 3 rings (SSSR count). The number of aromatic amines is 1. The van der Waals surface area contributed by atoms with Gasteiger partial charge in [-0.25, -0.2) is 0 Å². The lowest BCUT2D eigenvalue weighted by atomic mass is 9.91. The zero-order valence-electron chi connectivity index (χ0n) is 8.75. The van der Waals surface area contributed by atoms with Crippen molar-refractivity contribution in [2.24, 2.45) is 0 Å². The molecule has 1 aromatic rings. The van der Waals surface area contributed by atoms with Gasteiger partial charge in [-0.15, -0.1) is 0 Å². The summed E-state index contributed by atoms with van der Waals surface area (Å²) in [6.07, 6.45) is 6.03. The predicted molar refractivity (Wildman–Crippen MR) is 58.9 cm³/mol. The van der Waals surface area contributed by atoms with E-state index in [9.17, 15) is 4.79 Å². The monoisotopic (exact) mass is 204 g/mol. The van der Waals surface area contributed by atoms with Crippen LogP contribution in [0.1, 0.15) is 43.0 Å². The van der Waals surface area contributed by atoms with Crippen LogP contribution in [0.25, 0.3) is 0 Å². The minimum atomic E-state index is 0.0285. The van der Waals surface area contributed by atoms with Gasteiger partial charge in [0, 0.05) is 23.8 Å². The number of nitrogens with one attached hydrogen (secondary N) is 2. The number of aryl methyl sites for hydroxylation is 1. The number of hydrogen-bond acceptors (Lipinski definition) is 2. The lowest BCUT2D eigenvalue weighted by Crippen LogP contribution is -2.28. The minimum Gasteiger partial charge on any atom is -0.326 e. The van der Waals surface area contributed by atoms with E-state index in [1.165, 1.54) is 31.2 Å². The van der Waals surface area contributed by atoms with Gasteiger partial charge >= 0.3 is 0 Å². The number of hydrogen-bond donors (Lipinski definition) is 2. The van der Waals surface area contributed by atoms with Crippen molar-refractivity contribution < 1.29 is 0 Å². The second-order valence-electron chi connectivity index (χ2n) is 4.64. The molecule has 0 bridgehead atoms. The maximum Gasteiger partial charge on any atom is 0.248 e. The lowest BCUT2D eigenvalue weighted by molar-refractivity contribution is 0.452. The molecule has 80 valence electrons. The standard InChI is InChI=1S/C12H16N2O/c15-12-7-6-9-10(13-8-4-5-8)2-1-3-11(9)14-12/h6-8,10,13H,1-5H2,(H,14,15). The Kier molecular flexibility index (Phi) is 2.13. The Hall–Kier alpha value is -1.09. The average Bonchev–Trinajstić information content (AvgIpc) is 3.01. The van der Waals surface area contributed by atoms with Crippen LogP contribution in [0.4, 0.5) is 0 Å². The molecule has 0 spiro atoms. The molecule has 1 aromatic heterocycles. The zero-order chi connectivity index (χ0) is 10.3. The van der Waals surface area contributed by atoms with E-state index in [4.69, 9.17) is 0 Å². The van der Waals surface area contributed by atoms with Gasteiger partial charge in [0.15, 0.2) is 0 Å². The number of H-pyrrole nitrogens is 1. The summed E-state index contributed by atoms with van der Waals surface area (Å²) >= 11 is 0. The topological polar surface area (TPSA) is 44.9 Å². The molecule has 0 radical (unpaired) electrons. The van der Waals surface area contributed by atoms with E-state index in [0.29, 0.717) is 6.04 Å². The molecule has 1 heterocycles. The van der Waals surface area contributed by atoms with Gasteiger partial charge in [-0.3, -0.25) is 4.79 Å². The average molecular weight is 204 g/mol. The van der Waals surface area contributed by atoms with E-state index in [1.807, 2.05) is 6.07 Å². The molecule has 3 heteroatoms. The molecule has 0 aliphatic heterocycles. The highest BCUT2D eigenvalue weighted by Crippen LogP contribution is 2.31. The van der Waals surface area contributed by atoms with Crippen LogP contribution in [0.3, 0.4) is 0 Å². The van der Waals surface area contributed by atoms with Crippen molar-refractivity contribution in [2.75, 3.05) is 0 Å². The first kappa shape index (κ1) is 9.16. The smallest absolute Gasteiger partial charge is 0.248 e. The van der Waals surface area contributed by atoms with Gasteiger partial charge in [0.2, 0.25) is 5.56 Å². The number of fused-ring (bicyclic) bond motifs is 1. The molecule has 1 atom stereocenters. The van der Waals surface area contributed by atoms with E-state index in [-0.39, 0.29) is 5.56 Å². The van der Waals surface area contributed by atoms with Crippen LogP contribution in [-0.2, 0) is 6.42 Å². The second-order valence-corrected chi connectivity index (χ2v) is 4.64. The van der Waals surface area contributed by atoms with Crippen molar-refractivity contribution in [2.45, 2.75) is 44.2 Å². The number of pyridine rings is 1. The van der Waals surface area contributed by atoms with E-state index in [2.05, 4.69) is 10.3 Å². The van der Waals surface area contributed by atoms with Crippen molar-refractivity contribution in [3.63, 3.8) is 0 Å². The fourth-order valence-electron chi connectivity index (χ4n) is 2.41. The van der Waals surface area contributed by atoms with Gasteiger partial charge in [-0.2, -0.15) is 0 Å². The quantitative estimate of drug-likeness (QED) is 0.767. The van der Waals surface area contributed by atoms with E-state index in [0.717, 1.165) is 18.2 Å². The van der Waals surface area contributed by atoms with Crippen molar-refractivity contribution in [1.82, 2.24) is 10.3 Å². The van der Waals surface area contributed by atoms with Crippen LogP contribution in [-0.4, -0.2) is 11.0 Å². The first-order chi connectivity index (χ1) is 7.33. The third kappa shape index (κ3) is 1.84. The van der Waals surface area contributed by atoms with Crippen LogP contribution in [0.15, 0.2) is 16.9 Å². The van der Waals surface area contributed by atoms with Crippen LogP contribution < -0.4 is 10.9 Å². The van der Waals surface area contributed by atoms with Crippen LogP contribution in [0.5, 0.6) is 0 Å². The molecule has 1 fully saturated rings. The highest BCUT2D eigenvalue weighted by molar-refractivity contribution is 5.26. The molecule has 1 unspecified atom stereocenters. The fourth-order valence-corrected chi connectivity index (χ4v) is 2.41. The SMILES string of the molecule is O=c1ccc2c([nH]1)CCCC2NC1CC1. The molecular formula is C12H16N2O. The molecule has 15 heavy (non-hydrogen) atoms. The van der Waals surface area contributed by atoms with Crippen molar-refractivity contribution in [3.05, 3.63) is 33.7 Å². The Bertz CT molecular complexity index is 420. The first-order valence-corrected chi connectivity index (χ1v) is 5.81. The summed E-state index contributed by atoms with van der Waals surface area (Å²) in [7, 11) is 0. The largest absolute Gasteiger partial charge is 0.326 e. The highest BCUT2D eigenvalue weighted by Gasteiger charge is 2.28. The summed E-state index contributed by atoms with van der Waals surface area (Å²) in [5.41, 5.74) is 2.49. The summed E-state index contributed by atoms with van der Waals surface area (Å²) in [5.74, 6) is 0. The maximum atomic E-state index is 11.2. The van der Waals surface area contributed by atoms with Crippen LogP contribution >= 0.6 is 0 Å². The van der Waals surface area contributed by atoms with Gasteiger partial charge in [-0.05, 0) is 37.7 Å². The lowest BCUT2D eigenvalue weighted by Gasteiger charge is -2.25. The van der Waals surface area contributed by atoms with Crippen LogP contribution in [0.2, 0.25) is 0 Å².